The van der Waals surface area contributed by atoms with Gasteiger partial charge in [-0.25, -0.2) is 13.6 Å². The van der Waals surface area contributed by atoms with Crippen molar-refractivity contribution < 1.29 is 18.3 Å². The molecule has 1 aromatic heterocycles. The fraction of sp³-hybridized carbons (Fsp3) is 0.444. The maximum Gasteiger partial charge on any atom is 0.351 e. The van der Waals surface area contributed by atoms with Crippen LogP contribution in [-0.2, 0) is 17.8 Å². The van der Waals surface area contributed by atoms with E-state index in [1.807, 2.05) is 0 Å². The third-order valence-electron chi connectivity index (χ3n) is 4.96. The van der Waals surface area contributed by atoms with Crippen LogP contribution in [-0.4, -0.2) is 49.5 Å². The normalized spacial score (nSPS) is 18.2. The minimum absolute atomic E-state index is 0.0777. The number of rotatable bonds is 4. The van der Waals surface area contributed by atoms with Crippen molar-refractivity contribution in [3.8, 4) is 5.75 Å². The zero-order valence-corrected chi connectivity index (χ0v) is 15.1. The molecule has 1 aromatic carbocycles. The SMILES string of the molecule is COc1c(N(C)Cc2ccc(F)c(F)c2)nc(=O)n2c1N1CCOCC1C2. The molecule has 1 unspecified atom stereocenters. The zero-order chi connectivity index (χ0) is 19.1. The van der Waals surface area contributed by atoms with Gasteiger partial charge in [-0.2, -0.15) is 4.98 Å². The molecular weight excluding hydrogens is 358 g/mol. The maximum atomic E-state index is 13.5. The molecule has 7 nitrogen and oxygen atoms in total. The monoisotopic (exact) mass is 378 g/mol. The molecule has 2 aliphatic heterocycles. The molecule has 9 heteroatoms. The van der Waals surface area contributed by atoms with Crippen LogP contribution in [0.5, 0.6) is 5.75 Å². The topological polar surface area (TPSA) is 59.8 Å². The third-order valence-corrected chi connectivity index (χ3v) is 4.96. The highest BCUT2D eigenvalue weighted by atomic mass is 19.2. The first-order chi connectivity index (χ1) is 13.0. The van der Waals surface area contributed by atoms with Crippen LogP contribution in [0.15, 0.2) is 23.0 Å². The van der Waals surface area contributed by atoms with Gasteiger partial charge in [-0.1, -0.05) is 6.07 Å². The summed E-state index contributed by atoms with van der Waals surface area (Å²) in [6, 6.07) is 3.80. The fourth-order valence-corrected chi connectivity index (χ4v) is 3.69. The summed E-state index contributed by atoms with van der Waals surface area (Å²) >= 11 is 0. The molecule has 0 amide bonds. The van der Waals surface area contributed by atoms with Gasteiger partial charge in [0.05, 0.1) is 32.9 Å². The number of aromatic nitrogens is 2. The summed E-state index contributed by atoms with van der Waals surface area (Å²) in [6.07, 6.45) is 0. The van der Waals surface area contributed by atoms with E-state index in [1.54, 1.807) is 16.5 Å². The van der Waals surface area contributed by atoms with E-state index in [-0.39, 0.29) is 18.3 Å². The summed E-state index contributed by atoms with van der Waals surface area (Å²) < 4.78 is 39.4. The first kappa shape index (κ1) is 17.7. The van der Waals surface area contributed by atoms with Gasteiger partial charge in [0.1, 0.15) is 0 Å². The van der Waals surface area contributed by atoms with Crippen molar-refractivity contribution >= 4 is 11.6 Å². The summed E-state index contributed by atoms with van der Waals surface area (Å²) in [5.41, 5.74) is 0.192. The van der Waals surface area contributed by atoms with Gasteiger partial charge in [0, 0.05) is 20.1 Å². The molecule has 2 aromatic rings. The summed E-state index contributed by atoms with van der Waals surface area (Å²) in [5.74, 6) is -0.259. The zero-order valence-electron chi connectivity index (χ0n) is 15.1. The highest BCUT2D eigenvalue weighted by Gasteiger charge is 2.37. The van der Waals surface area contributed by atoms with Gasteiger partial charge in [0.15, 0.2) is 23.3 Å². The number of nitrogens with zero attached hydrogens (tertiary/aromatic N) is 4. The summed E-state index contributed by atoms with van der Waals surface area (Å²) in [5, 5.41) is 0. The predicted molar refractivity (Wildman–Crippen MR) is 95.5 cm³/mol. The van der Waals surface area contributed by atoms with Crippen molar-refractivity contribution in [1.82, 2.24) is 9.55 Å². The summed E-state index contributed by atoms with van der Waals surface area (Å²) in [7, 11) is 3.26. The van der Waals surface area contributed by atoms with Crippen LogP contribution in [0, 0.1) is 11.6 Å². The Balaban J connectivity index is 1.72. The van der Waals surface area contributed by atoms with Crippen molar-refractivity contribution in [3.05, 3.63) is 45.9 Å². The molecule has 0 bridgehead atoms. The van der Waals surface area contributed by atoms with Crippen molar-refractivity contribution in [2.24, 2.45) is 0 Å². The number of fused-ring (bicyclic) bond motifs is 3. The molecule has 144 valence electrons. The van der Waals surface area contributed by atoms with Crippen LogP contribution in [0.4, 0.5) is 20.4 Å². The molecule has 4 rings (SSSR count). The number of anilines is 2. The second-order valence-corrected chi connectivity index (χ2v) is 6.71. The molecule has 2 aliphatic rings. The molecule has 3 heterocycles. The molecule has 27 heavy (non-hydrogen) atoms. The van der Waals surface area contributed by atoms with Crippen molar-refractivity contribution in [1.29, 1.82) is 0 Å². The van der Waals surface area contributed by atoms with Gasteiger partial charge >= 0.3 is 5.69 Å². The van der Waals surface area contributed by atoms with E-state index < -0.39 is 11.6 Å². The highest BCUT2D eigenvalue weighted by molar-refractivity contribution is 5.68. The maximum absolute atomic E-state index is 13.5. The minimum Gasteiger partial charge on any atom is -0.490 e. The number of morpholine rings is 1. The fourth-order valence-electron chi connectivity index (χ4n) is 3.69. The second-order valence-electron chi connectivity index (χ2n) is 6.71. The Kier molecular flexibility index (Phi) is 4.47. The average molecular weight is 378 g/mol. The number of ether oxygens (including phenoxy) is 2. The minimum atomic E-state index is -0.911. The third kappa shape index (κ3) is 3.01. The Labute approximate surface area is 154 Å². The molecule has 0 spiro atoms. The molecule has 0 aliphatic carbocycles. The smallest absolute Gasteiger partial charge is 0.351 e. The van der Waals surface area contributed by atoms with Crippen molar-refractivity contribution in [2.45, 2.75) is 19.1 Å². The van der Waals surface area contributed by atoms with Gasteiger partial charge < -0.3 is 19.3 Å². The van der Waals surface area contributed by atoms with Gasteiger partial charge in [-0.3, -0.25) is 4.57 Å². The van der Waals surface area contributed by atoms with E-state index in [0.29, 0.717) is 49.3 Å². The second kappa shape index (κ2) is 6.80. The first-order valence-corrected chi connectivity index (χ1v) is 8.68. The molecule has 0 N–H and O–H groups in total. The Bertz CT molecular complexity index is 934. The quantitative estimate of drug-likeness (QED) is 0.801. The van der Waals surface area contributed by atoms with Crippen LogP contribution in [0.2, 0.25) is 0 Å². The molecule has 0 saturated carbocycles. The van der Waals surface area contributed by atoms with Gasteiger partial charge in [-0.15, -0.1) is 0 Å². The Morgan fingerprint density at radius 2 is 2.19 bits per heavy atom. The van der Waals surface area contributed by atoms with E-state index in [2.05, 4.69) is 9.88 Å². The number of halogens is 2. The molecule has 0 radical (unpaired) electrons. The van der Waals surface area contributed by atoms with Gasteiger partial charge in [0.2, 0.25) is 5.75 Å². The Hall–Kier alpha value is -2.68. The Morgan fingerprint density at radius 1 is 1.37 bits per heavy atom. The standard InChI is InChI=1S/C18H20F2N4O3/c1-22(8-11-3-4-13(19)14(20)7-11)16-15(26-2)17-23-5-6-27-10-12(23)9-24(17)18(25)21-16/h3-4,7,12H,5-6,8-10H2,1-2H3. The van der Waals surface area contributed by atoms with E-state index in [1.165, 1.54) is 13.2 Å². The van der Waals surface area contributed by atoms with Crippen LogP contribution in [0.3, 0.4) is 0 Å². The first-order valence-electron chi connectivity index (χ1n) is 8.68. The Morgan fingerprint density at radius 3 is 2.93 bits per heavy atom. The lowest BCUT2D eigenvalue weighted by Gasteiger charge is -2.31. The van der Waals surface area contributed by atoms with Crippen LogP contribution in [0.25, 0.3) is 0 Å². The highest BCUT2D eigenvalue weighted by Crippen LogP contribution is 2.40. The van der Waals surface area contributed by atoms with E-state index in [4.69, 9.17) is 9.47 Å². The van der Waals surface area contributed by atoms with Crippen molar-refractivity contribution in [3.63, 3.8) is 0 Å². The lowest BCUT2D eigenvalue weighted by atomic mass is 10.2. The number of benzene rings is 1. The number of hydrogen-bond donors (Lipinski definition) is 0. The summed E-state index contributed by atoms with van der Waals surface area (Å²) in [6.45, 7) is 2.54. The lowest BCUT2D eigenvalue weighted by Crippen LogP contribution is -2.43. The molecule has 1 atom stereocenters. The van der Waals surface area contributed by atoms with Crippen LogP contribution in [0.1, 0.15) is 5.56 Å². The molecular formula is C18H20F2N4O3. The number of methoxy groups -OCH3 is 1. The largest absolute Gasteiger partial charge is 0.490 e. The molecule has 1 fully saturated rings. The van der Waals surface area contributed by atoms with Gasteiger partial charge in [0.25, 0.3) is 0 Å². The summed E-state index contributed by atoms with van der Waals surface area (Å²) in [4.78, 5) is 20.6. The van der Waals surface area contributed by atoms with E-state index in [0.717, 1.165) is 12.1 Å². The lowest BCUT2D eigenvalue weighted by molar-refractivity contribution is 0.0955. The van der Waals surface area contributed by atoms with Gasteiger partial charge in [-0.05, 0) is 17.7 Å². The van der Waals surface area contributed by atoms with E-state index in [9.17, 15) is 13.6 Å². The van der Waals surface area contributed by atoms with E-state index >= 15 is 0 Å². The average Bonchev–Trinajstić information content (AvgIpc) is 3.05. The number of hydrogen-bond acceptors (Lipinski definition) is 6. The molecule has 1 saturated heterocycles. The predicted octanol–water partition coefficient (Wildman–Crippen LogP) is 1.39. The van der Waals surface area contributed by atoms with Crippen LogP contribution >= 0.6 is 0 Å². The van der Waals surface area contributed by atoms with Crippen LogP contribution < -0.4 is 20.2 Å². The van der Waals surface area contributed by atoms with Crippen molar-refractivity contribution in [2.75, 3.05) is 43.7 Å².